The zero-order chi connectivity index (χ0) is 22.3. The van der Waals surface area contributed by atoms with E-state index in [0.29, 0.717) is 34.7 Å². The predicted octanol–water partition coefficient (Wildman–Crippen LogP) is 2.66. The molecule has 0 unspecified atom stereocenters. The van der Waals surface area contributed by atoms with Gasteiger partial charge in [-0.25, -0.2) is 4.98 Å². The third-order valence-electron chi connectivity index (χ3n) is 4.83. The van der Waals surface area contributed by atoms with E-state index in [-0.39, 0.29) is 17.6 Å². The molecule has 1 aliphatic carbocycles. The number of amides is 2. The molecule has 32 heavy (non-hydrogen) atoms. The molecule has 9 nitrogen and oxygen atoms in total. The Hall–Kier alpha value is -3.40. The lowest BCUT2D eigenvalue weighted by molar-refractivity contribution is -0.113. The molecule has 0 spiro atoms. The van der Waals surface area contributed by atoms with Crippen LogP contribution < -0.4 is 15.4 Å². The van der Waals surface area contributed by atoms with E-state index in [1.807, 2.05) is 19.2 Å². The normalized spacial score (nSPS) is 12.9. The van der Waals surface area contributed by atoms with Crippen LogP contribution in [0.2, 0.25) is 0 Å². The number of ether oxygens (including phenoxy) is 1. The van der Waals surface area contributed by atoms with Gasteiger partial charge in [0.05, 0.1) is 12.4 Å². The molecule has 10 heteroatoms. The summed E-state index contributed by atoms with van der Waals surface area (Å²) in [4.78, 5) is 29.0. The maximum Gasteiger partial charge on any atom is 0.251 e. The van der Waals surface area contributed by atoms with Crippen molar-refractivity contribution in [3.8, 4) is 5.88 Å². The predicted molar refractivity (Wildman–Crippen MR) is 120 cm³/mol. The molecule has 0 atom stereocenters. The highest BCUT2D eigenvalue weighted by molar-refractivity contribution is 7.99. The number of carbonyl (C=O) groups excluding carboxylic acids is 2. The Morgan fingerprint density at radius 3 is 2.84 bits per heavy atom. The van der Waals surface area contributed by atoms with Gasteiger partial charge in [-0.1, -0.05) is 23.9 Å². The highest BCUT2D eigenvalue weighted by Crippen LogP contribution is 2.29. The van der Waals surface area contributed by atoms with Crippen LogP contribution in [0.25, 0.3) is 0 Å². The molecule has 2 aromatic heterocycles. The summed E-state index contributed by atoms with van der Waals surface area (Å²) in [7, 11) is 1.82. The summed E-state index contributed by atoms with van der Waals surface area (Å²) in [6.07, 6.45) is 5.75. The van der Waals surface area contributed by atoms with Crippen LogP contribution in [-0.4, -0.2) is 43.9 Å². The minimum Gasteiger partial charge on any atom is -0.477 e. The first-order valence-corrected chi connectivity index (χ1v) is 11.3. The highest BCUT2D eigenvalue weighted by atomic mass is 32.2. The largest absolute Gasteiger partial charge is 0.477 e. The van der Waals surface area contributed by atoms with Crippen molar-refractivity contribution < 1.29 is 14.3 Å². The number of nitrogens with one attached hydrogen (secondary N) is 2. The van der Waals surface area contributed by atoms with Gasteiger partial charge in [-0.15, -0.1) is 10.2 Å². The van der Waals surface area contributed by atoms with Gasteiger partial charge in [0, 0.05) is 37.1 Å². The van der Waals surface area contributed by atoms with Gasteiger partial charge in [0.2, 0.25) is 11.8 Å². The van der Waals surface area contributed by atoms with Gasteiger partial charge in [0.25, 0.3) is 5.91 Å². The number of thioether (sulfide) groups is 1. The smallest absolute Gasteiger partial charge is 0.251 e. The van der Waals surface area contributed by atoms with Crippen molar-refractivity contribution in [2.24, 2.45) is 13.0 Å². The van der Waals surface area contributed by atoms with E-state index in [1.165, 1.54) is 24.6 Å². The SMILES string of the molecule is Cn1cnnc1SCC(=O)Nc1cccc(C(=O)NCc2ccc(OCC3CC3)nc2)c1. The molecule has 0 bridgehead atoms. The van der Waals surface area contributed by atoms with Crippen LogP contribution in [0, 0.1) is 5.92 Å². The third-order valence-corrected chi connectivity index (χ3v) is 5.86. The molecule has 2 heterocycles. The first kappa shape index (κ1) is 21.8. The molecule has 2 N–H and O–H groups in total. The first-order chi connectivity index (χ1) is 15.6. The number of rotatable bonds is 10. The molecule has 2 amide bonds. The average Bonchev–Trinajstić information content (AvgIpc) is 3.55. The van der Waals surface area contributed by atoms with Gasteiger partial charge in [-0.3, -0.25) is 9.59 Å². The Morgan fingerprint density at radius 2 is 2.12 bits per heavy atom. The molecule has 0 saturated heterocycles. The average molecular weight is 453 g/mol. The van der Waals surface area contributed by atoms with Crippen LogP contribution >= 0.6 is 11.8 Å². The van der Waals surface area contributed by atoms with Gasteiger partial charge in [-0.2, -0.15) is 0 Å². The lowest BCUT2D eigenvalue weighted by Gasteiger charge is -2.09. The summed E-state index contributed by atoms with van der Waals surface area (Å²) in [6.45, 7) is 1.06. The fourth-order valence-corrected chi connectivity index (χ4v) is 3.53. The van der Waals surface area contributed by atoms with Crippen molar-refractivity contribution in [1.82, 2.24) is 25.1 Å². The van der Waals surface area contributed by atoms with E-state index in [2.05, 4.69) is 25.8 Å². The van der Waals surface area contributed by atoms with Gasteiger partial charge in [-0.05, 0) is 42.5 Å². The minimum absolute atomic E-state index is 0.189. The van der Waals surface area contributed by atoms with Crippen molar-refractivity contribution in [2.45, 2.75) is 24.5 Å². The Bertz CT molecular complexity index is 1080. The fraction of sp³-hybridized carbons (Fsp3) is 0.318. The van der Waals surface area contributed by atoms with E-state index in [1.54, 1.807) is 41.4 Å². The summed E-state index contributed by atoms with van der Waals surface area (Å²) in [5, 5.41) is 14.0. The number of hydrogen-bond donors (Lipinski definition) is 2. The monoisotopic (exact) mass is 452 g/mol. The number of aryl methyl sites for hydroxylation is 1. The number of benzene rings is 1. The lowest BCUT2D eigenvalue weighted by atomic mass is 10.2. The molecular weight excluding hydrogens is 428 g/mol. The Labute approximate surface area is 190 Å². The Balaban J connectivity index is 1.25. The molecule has 0 aliphatic heterocycles. The molecule has 1 saturated carbocycles. The zero-order valence-electron chi connectivity index (χ0n) is 17.7. The molecule has 3 aromatic rings. The zero-order valence-corrected chi connectivity index (χ0v) is 18.5. The number of aromatic nitrogens is 4. The van der Waals surface area contributed by atoms with Crippen molar-refractivity contribution in [3.05, 3.63) is 60.0 Å². The molecule has 1 aromatic carbocycles. The summed E-state index contributed by atoms with van der Waals surface area (Å²) in [5.41, 5.74) is 1.89. The molecule has 0 radical (unpaired) electrons. The first-order valence-electron chi connectivity index (χ1n) is 10.3. The number of carbonyl (C=O) groups is 2. The van der Waals surface area contributed by atoms with Crippen molar-refractivity contribution in [3.63, 3.8) is 0 Å². The van der Waals surface area contributed by atoms with Crippen molar-refractivity contribution in [2.75, 3.05) is 17.7 Å². The number of hydrogen-bond acceptors (Lipinski definition) is 7. The van der Waals surface area contributed by atoms with Gasteiger partial charge < -0.3 is 19.9 Å². The third kappa shape index (κ3) is 6.30. The van der Waals surface area contributed by atoms with Crippen molar-refractivity contribution in [1.29, 1.82) is 0 Å². The summed E-state index contributed by atoms with van der Waals surface area (Å²) < 4.78 is 7.37. The van der Waals surface area contributed by atoms with E-state index < -0.39 is 0 Å². The van der Waals surface area contributed by atoms with E-state index in [0.717, 1.165) is 12.2 Å². The van der Waals surface area contributed by atoms with E-state index >= 15 is 0 Å². The summed E-state index contributed by atoms with van der Waals surface area (Å²) >= 11 is 1.29. The maximum atomic E-state index is 12.5. The molecule has 1 aliphatic rings. The quantitative estimate of drug-likeness (QED) is 0.455. The Kier molecular flexibility index (Phi) is 7.00. The number of pyridine rings is 1. The van der Waals surface area contributed by atoms with Gasteiger partial charge in [0.1, 0.15) is 6.33 Å². The Morgan fingerprint density at radius 1 is 1.25 bits per heavy atom. The van der Waals surface area contributed by atoms with E-state index in [9.17, 15) is 9.59 Å². The number of nitrogens with zero attached hydrogens (tertiary/aromatic N) is 4. The van der Waals surface area contributed by atoms with Gasteiger partial charge in [0.15, 0.2) is 5.16 Å². The van der Waals surface area contributed by atoms with Crippen LogP contribution in [0.15, 0.2) is 54.1 Å². The number of anilines is 1. The van der Waals surface area contributed by atoms with Gasteiger partial charge >= 0.3 is 0 Å². The topological polar surface area (TPSA) is 111 Å². The maximum absolute atomic E-state index is 12.5. The minimum atomic E-state index is -0.233. The van der Waals surface area contributed by atoms with Crippen LogP contribution in [0.4, 0.5) is 5.69 Å². The molecular formula is C22H24N6O3S. The second-order valence-electron chi connectivity index (χ2n) is 7.58. The second kappa shape index (κ2) is 10.3. The molecule has 1 fully saturated rings. The highest BCUT2D eigenvalue weighted by Gasteiger charge is 2.22. The molecule has 166 valence electrons. The standard InChI is InChI=1S/C22H24N6O3S/c1-28-14-25-27-22(28)32-13-19(29)26-18-4-2-3-17(9-18)21(30)24-11-16-7-8-20(23-10-16)31-12-15-5-6-15/h2-4,7-10,14-15H,5-6,11-13H2,1H3,(H,24,30)(H,26,29). The van der Waals surface area contributed by atoms with Crippen LogP contribution in [0.3, 0.4) is 0 Å². The molecule has 4 rings (SSSR count). The van der Waals surface area contributed by atoms with Crippen LogP contribution in [0.1, 0.15) is 28.8 Å². The van der Waals surface area contributed by atoms with E-state index in [4.69, 9.17) is 4.74 Å². The second-order valence-corrected chi connectivity index (χ2v) is 8.53. The summed E-state index contributed by atoms with van der Waals surface area (Å²) in [5.74, 6) is 1.05. The van der Waals surface area contributed by atoms with Crippen LogP contribution in [-0.2, 0) is 18.4 Å². The fourth-order valence-electron chi connectivity index (χ4n) is 2.84. The van der Waals surface area contributed by atoms with Crippen molar-refractivity contribution >= 4 is 29.3 Å². The summed E-state index contributed by atoms with van der Waals surface area (Å²) in [6, 6.07) is 10.5. The van der Waals surface area contributed by atoms with Crippen LogP contribution in [0.5, 0.6) is 5.88 Å². The lowest BCUT2D eigenvalue weighted by Crippen LogP contribution is -2.23.